The summed E-state index contributed by atoms with van der Waals surface area (Å²) in [4.78, 5) is 11.4. The highest BCUT2D eigenvalue weighted by Crippen LogP contribution is 2.55. The van der Waals surface area contributed by atoms with Crippen LogP contribution in [0.3, 0.4) is 0 Å². The SMILES string of the molecule is O=C(O)c1cccc(-c2nnc(C34CCC(OCc5c(-c6ccccc6OC(F)(F)F)noc5C5CC5)(CC3)CC4)o2)c1. The molecule has 0 saturated heterocycles. The maximum Gasteiger partial charge on any atom is 0.573 e. The van der Waals surface area contributed by atoms with Gasteiger partial charge in [-0.15, -0.1) is 23.4 Å². The molecule has 224 valence electrons. The molecule has 0 atom stereocenters. The lowest BCUT2D eigenvalue weighted by molar-refractivity contribution is -0.274. The number of carboxylic acid groups (broad SMARTS) is 1. The fraction of sp³-hybridized carbons (Fsp3) is 0.419. The molecule has 12 heteroatoms. The van der Waals surface area contributed by atoms with Crippen molar-refractivity contribution in [1.29, 1.82) is 0 Å². The number of hydrogen-bond acceptors (Lipinski definition) is 8. The number of alkyl halides is 3. The van der Waals surface area contributed by atoms with E-state index in [1.165, 1.54) is 24.3 Å². The highest BCUT2D eigenvalue weighted by Gasteiger charge is 2.53. The minimum Gasteiger partial charge on any atom is -0.478 e. The molecule has 4 saturated carbocycles. The number of fused-ring (bicyclic) bond motifs is 3. The summed E-state index contributed by atoms with van der Waals surface area (Å²) < 4.78 is 62.1. The van der Waals surface area contributed by atoms with Crippen LogP contribution < -0.4 is 4.74 Å². The van der Waals surface area contributed by atoms with Gasteiger partial charge >= 0.3 is 12.3 Å². The average molecular weight is 596 g/mol. The normalized spacial score (nSPS) is 23.4. The number of halogens is 3. The maximum atomic E-state index is 13.1. The molecule has 0 spiro atoms. The Hall–Kier alpha value is -4.19. The summed E-state index contributed by atoms with van der Waals surface area (Å²) in [5.74, 6) is 0.320. The van der Waals surface area contributed by atoms with E-state index in [0.29, 0.717) is 28.5 Å². The molecule has 2 aromatic heterocycles. The van der Waals surface area contributed by atoms with E-state index >= 15 is 0 Å². The second kappa shape index (κ2) is 10.2. The number of carbonyl (C=O) groups is 1. The summed E-state index contributed by atoms with van der Waals surface area (Å²) in [6.07, 6.45) is 1.62. The number of ether oxygens (including phenoxy) is 2. The van der Waals surface area contributed by atoms with Gasteiger partial charge in [0.2, 0.25) is 11.8 Å². The van der Waals surface area contributed by atoms with E-state index < -0.39 is 17.9 Å². The summed E-state index contributed by atoms with van der Waals surface area (Å²) >= 11 is 0. The Kier molecular flexibility index (Phi) is 6.57. The van der Waals surface area contributed by atoms with Gasteiger partial charge in [-0.2, -0.15) is 0 Å². The lowest BCUT2D eigenvalue weighted by atomic mass is 9.58. The van der Waals surface area contributed by atoms with Crippen LogP contribution in [0.15, 0.2) is 57.5 Å². The van der Waals surface area contributed by atoms with Crippen LogP contribution >= 0.6 is 0 Å². The fourth-order valence-corrected chi connectivity index (χ4v) is 6.47. The van der Waals surface area contributed by atoms with Crippen molar-refractivity contribution in [2.45, 2.75) is 81.3 Å². The third-order valence-electron chi connectivity index (χ3n) is 9.07. The number of nitrogens with zero attached hydrogens (tertiary/aromatic N) is 3. The van der Waals surface area contributed by atoms with Crippen LogP contribution in [-0.2, 0) is 16.8 Å². The van der Waals surface area contributed by atoms with Gasteiger partial charge in [-0.25, -0.2) is 4.79 Å². The number of rotatable bonds is 9. The lowest BCUT2D eigenvalue weighted by Crippen LogP contribution is -2.49. The van der Waals surface area contributed by atoms with Crippen molar-refractivity contribution in [3.63, 3.8) is 0 Å². The standard InChI is InChI=1S/C31H28F3N3O6/c32-31(33,34)42-23-7-2-1-6-21(23)24-22(25(43-37-24)18-8-9-18)17-40-30-13-10-29(11-14-30,12-15-30)28-36-35-26(41-28)19-4-3-5-20(16-19)27(38)39/h1-7,16,18H,8-15,17H2,(H,38,39). The van der Waals surface area contributed by atoms with E-state index in [4.69, 9.17) is 13.7 Å². The van der Waals surface area contributed by atoms with Crippen LogP contribution in [0.1, 0.15) is 84.9 Å². The van der Waals surface area contributed by atoms with Crippen LogP contribution in [0.2, 0.25) is 0 Å². The van der Waals surface area contributed by atoms with Gasteiger partial charge in [0.05, 0.1) is 17.8 Å². The second-order valence-electron chi connectivity index (χ2n) is 11.7. The quantitative estimate of drug-likeness (QED) is 0.211. The Labute approximate surface area is 244 Å². The van der Waals surface area contributed by atoms with Crippen molar-refractivity contribution in [3.8, 4) is 28.5 Å². The molecule has 9 nitrogen and oxygen atoms in total. The molecule has 4 aliphatic rings. The molecular weight excluding hydrogens is 567 g/mol. The predicted octanol–water partition coefficient (Wildman–Crippen LogP) is 7.43. The Morgan fingerprint density at radius 3 is 2.44 bits per heavy atom. The number of aromatic carboxylic acids is 1. The number of aromatic nitrogens is 3. The monoisotopic (exact) mass is 595 g/mol. The molecule has 0 radical (unpaired) electrons. The van der Waals surface area contributed by atoms with E-state index in [-0.39, 0.29) is 40.7 Å². The van der Waals surface area contributed by atoms with Gasteiger partial charge in [0.25, 0.3) is 0 Å². The molecule has 8 rings (SSSR count). The maximum absolute atomic E-state index is 13.1. The van der Waals surface area contributed by atoms with Gasteiger partial charge in [0.15, 0.2) is 0 Å². The summed E-state index contributed by atoms with van der Waals surface area (Å²) in [5, 5.41) is 22.1. The van der Waals surface area contributed by atoms with Gasteiger partial charge in [0.1, 0.15) is 17.2 Å². The number of carboxylic acids is 1. The zero-order chi connectivity index (χ0) is 29.8. The van der Waals surface area contributed by atoms with E-state index in [2.05, 4.69) is 20.1 Å². The molecule has 4 aliphatic carbocycles. The third kappa shape index (κ3) is 5.28. The molecule has 2 aromatic carbocycles. The van der Waals surface area contributed by atoms with Crippen LogP contribution in [-0.4, -0.2) is 38.4 Å². The third-order valence-corrected chi connectivity index (χ3v) is 9.07. The van der Waals surface area contributed by atoms with Crippen LogP contribution in [0.4, 0.5) is 13.2 Å². The zero-order valence-electron chi connectivity index (χ0n) is 23.0. The number of hydrogen-bond donors (Lipinski definition) is 1. The summed E-state index contributed by atoms with van der Waals surface area (Å²) in [6, 6.07) is 12.3. The molecule has 4 fully saturated rings. The van der Waals surface area contributed by atoms with Crippen molar-refractivity contribution < 1.29 is 41.5 Å². The number of para-hydroxylation sites is 1. The van der Waals surface area contributed by atoms with Crippen LogP contribution in [0.5, 0.6) is 5.75 Å². The molecule has 2 heterocycles. The van der Waals surface area contributed by atoms with Crippen molar-refractivity contribution >= 4 is 5.97 Å². The summed E-state index contributed by atoms with van der Waals surface area (Å²) in [5.41, 5.74) is 1.21. The Balaban J connectivity index is 1.08. The average Bonchev–Trinajstić information content (AvgIpc) is 3.55. The van der Waals surface area contributed by atoms with E-state index in [9.17, 15) is 23.1 Å². The smallest absolute Gasteiger partial charge is 0.478 e. The highest BCUT2D eigenvalue weighted by molar-refractivity contribution is 5.88. The van der Waals surface area contributed by atoms with Crippen molar-refractivity contribution in [2.24, 2.45) is 0 Å². The first-order chi connectivity index (χ1) is 20.6. The molecule has 43 heavy (non-hydrogen) atoms. The van der Waals surface area contributed by atoms with Gasteiger partial charge in [0, 0.05) is 28.0 Å². The molecule has 2 bridgehead atoms. The Bertz CT molecular complexity index is 1650. The van der Waals surface area contributed by atoms with Crippen molar-refractivity contribution in [2.75, 3.05) is 0 Å². The Morgan fingerprint density at radius 1 is 1.00 bits per heavy atom. The van der Waals surface area contributed by atoms with Crippen molar-refractivity contribution in [3.05, 3.63) is 71.3 Å². The summed E-state index contributed by atoms with van der Waals surface area (Å²) in [7, 11) is 0. The Morgan fingerprint density at radius 2 is 1.74 bits per heavy atom. The highest BCUT2D eigenvalue weighted by atomic mass is 19.4. The van der Waals surface area contributed by atoms with E-state index in [1.807, 2.05) is 0 Å². The first-order valence-corrected chi connectivity index (χ1v) is 14.3. The zero-order valence-corrected chi connectivity index (χ0v) is 23.0. The number of benzene rings is 2. The summed E-state index contributed by atoms with van der Waals surface area (Å²) in [6.45, 7) is 0.169. The minimum absolute atomic E-state index is 0.143. The first-order valence-electron chi connectivity index (χ1n) is 14.3. The molecule has 4 aromatic rings. The fourth-order valence-electron chi connectivity index (χ4n) is 6.47. The molecule has 1 N–H and O–H groups in total. The largest absolute Gasteiger partial charge is 0.573 e. The molecule has 0 amide bonds. The van der Waals surface area contributed by atoms with Crippen LogP contribution in [0, 0.1) is 0 Å². The molecular formula is C31H28F3N3O6. The van der Waals surface area contributed by atoms with Crippen LogP contribution in [0.25, 0.3) is 22.7 Å². The second-order valence-corrected chi connectivity index (χ2v) is 11.7. The lowest BCUT2D eigenvalue weighted by Gasteiger charge is -2.51. The predicted molar refractivity (Wildman–Crippen MR) is 144 cm³/mol. The van der Waals surface area contributed by atoms with Gasteiger partial charge in [-0.3, -0.25) is 0 Å². The van der Waals surface area contributed by atoms with E-state index in [1.54, 1.807) is 24.3 Å². The van der Waals surface area contributed by atoms with E-state index in [0.717, 1.165) is 51.4 Å². The van der Waals surface area contributed by atoms with Gasteiger partial charge in [-0.1, -0.05) is 23.4 Å². The molecule has 0 unspecified atom stereocenters. The van der Waals surface area contributed by atoms with Crippen molar-refractivity contribution in [1.82, 2.24) is 15.4 Å². The first kappa shape index (κ1) is 27.6. The minimum atomic E-state index is -4.84. The molecule has 0 aliphatic heterocycles. The van der Waals surface area contributed by atoms with Gasteiger partial charge in [-0.05, 0) is 81.7 Å². The topological polar surface area (TPSA) is 121 Å². The van der Waals surface area contributed by atoms with Gasteiger partial charge < -0.3 is 23.5 Å².